The largest absolute Gasteiger partial charge is 0.368 e. The molecule has 2 rings (SSSR count). The molecule has 0 amide bonds. The van der Waals surface area contributed by atoms with Crippen LogP contribution >= 0.6 is 0 Å². The molecule has 0 aliphatic rings. The van der Waals surface area contributed by atoms with Gasteiger partial charge in [-0.25, -0.2) is 0 Å². The Balaban J connectivity index is 2.11. The van der Waals surface area contributed by atoms with E-state index < -0.39 is 0 Å². The van der Waals surface area contributed by atoms with E-state index >= 15 is 0 Å². The maximum atomic E-state index is 10.4. The van der Waals surface area contributed by atoms with Crippen molar-refractivity contribution in [3.63, 3.8) is 0 Å². The van der Waals surface area contributed by atoms with E-state index in [2.05, 4.69) is 15.5 Å². The van der Waals surface area contributed by atoms with Gasteiger partial charge in [0.05, 0.1) is 0 Å². The highest BCUT2D eigenvalue weighted by Crippen LogP contribution is 2.18. The van der Waals surface area contributed by atoms with E-state index in [1.165, 1.54) is 0 Å². The Morgan fingerprint density at radius 3 is 2.94 bits per heavy atom. The summed E-state index contributed by atoms with van der Waals surface area (Å²) in [7, 11) is 0. The molecule has 1 aromatic carbocycles. The normalized spacial score (nSPS) is 10.1. The molecule has 4 nitrogen and oxygen atoms in total. The highest BCUT2D eigenvalue weighted by molar-refractivity contribution is 5.45. The van der Waals surface area contributed by atoms with Crippen LogP contribution in [0.1, 0.15) is 11.1 Å². The minimum atomic E-state index is 0.467. The molecule has 0 unspecified atom stereocenters. The van der Waals surface area contributed by atoms with Crippen LogP contribution in [0.4, 0.5) is 11.5 Å². The molecule has 0 atom stereocenters. The Bertz CT molecular complexity index is 477. The van der Waals surface area contributed by atoms with E-state index in [1.54, 1.807) is 12.1 Å². The summed E-state index contributed by atoms with van der Waals surface area (Å²) >= 11 is 0. The number of rotatable bonds is 4. The van der Waals surface area contributed by atoms with Gasteiger partial charge in [-0.05, 0) is 47.5 Å². The van der Waals surface area contributed by atoms with Crippen molar-refractivity contribution in [2.45, 2.75) is 13.5 Å². The Kier molecular flexibility index (Phi) is 3.00. The molecule has 1 heterocycles. The molecule has 0 saturated carbocycles. The van der Waals surface area contributed by atoms with Crippen molar-refractivity contribution in [3.8, 4) is 0 Å². The number of aryl methyl sites for hydroxylation is 1. The number of anilines is 1. The van der Waals surface area contributed by atoms with E-state index in [4.69, 9.17) is 0 Å². The first kappa shape index (κ1) is 10.4. The van der Waals surface area contributed by atoms with Crippen LogP contribution in [0.5, 0.6) is 0 Å². The van der Waals surface area contributed by atoms with Crippen molar-refractivity contribution in [1.82, 2.24) is 4.98 Å². The lowest BCUT2D eigenvalue weighted by Crippen LogP contribution is -2.01. The average molecular weight is 215 g/mol. The first-order valence-corrected chi connectivity index (χ1v) is 5.10. The average Bonchev–Trinajstić information content (AvgIpc) is 2.81. The van der Waals surface area contributed by atoms with E-state index in [0.29, 0.717) is 12.2 Å². The fraction of sp³-hybridized carbons (Fsp3) is 0.167. The highest BCUT2D eigenvalue weighted by atomic mass is 16.3. The van der Waals surface area contributed by atoms with Crippen LogP contribution in [-0.4, -0.2) is 4.98 Å². The zero-order chi connectivity index (χ0) is 11.4. The van der Waals surface area contributed by atoms with Crippen LogP contribution in [-0.2, 0) is 6.54 Å². The number of nitrogens with one attached hydrogen (secondary N) is 2. The second-order valence-corrected chi connectivity index (χ2v) is 3.64. The Morgan fingerprint density at radius 2 is 2.25 bits per heavy atom. The minimum Gasteiger partial charge on any atom is -0.368 e. The van der Waals surface area contributed by atoms with Crippen LogP contribution in [0, 0.1) is 11.8 Å². The Hall–Kier alpha value is -2.10. The number of benzene rings is 1. The van der Waals surface area contributed by atoms with Crippen molar-refractivity contribution < 1.29 is 0 Å². The zero-order valence-corrected chi connectivity index (χ0v) is 9.03. The van der Waals surface area contributed by atoms with Crippen LogP contribution in [0.3, 0.4) is 0 Å². The summed E-state index contributed by atoms with van der Waals surface area (Å²) in [4.78, 5) is 13.5. The van der Waals surface area contributed by atoms with Crippen molar-refractivity contribution >= 4 is 11.5 Å². The van der Waals surface area contributed by atoms with E-state index in [0.717, 1.165) is 16.9 Å². The van der Waals surface area contributed by atoms with Gasteiger partial charge in [0, 0.05) is 12.7 Å². The van der Waals surface area contributed by atoms with Gasteiger partial charge in [-0.1, -0.05) is 6.07 Å². The maximum Gasteiger partial charge on any atom is 0.108 e. The van der Waals surface area contributed by atoms with E-state index in [9.17, 15) is 4.91 Å². The number of hydrogen-bond acceptors (Lipinski definition) is 3. The van der Waals surface area contributed by atoms with Crippen molar-refractivity contribution in [2.75, 3.05) is 5.32 Å². The van der Waals surface area contributed by atoms with Gasteiger partial charge < -0.3 is 10.3 Å². The summed E-state index contributed by atoms with van der Waals surface area (Å²) in [6.07, 6.45) is 1.86. The Labute approximate surface area is 93.7 Å². The molecule has 0 saturated heterocycles. The predicted octanol–water partition coefficient (Wildman–Crippen LogP) is 3.33. The summed E-state index contributed by atoms with van der Waals surface area (Å²) in [5, 5.41) is 6.17. The molecular formula is C12H13N3O. The zero-order valence-electron chi connectivity index (χ0n) is 9.03. The number of H-pyrrole nitrogens is 1. The lowest BCUT2D eigenvalue weighted by Gasteiger charge is -2.07. The summed E-state index contributed by atoms with van der Waals surface area (Å²) in [6, 6.07) is 9.32. The number of nitrogens with zero attached hydrogens (tertiary/aromatic N) is 1. The van der Waals surface area contributed by atoms with Gasteiger partial charge in [-0.2, -0.15) is 0 Å². The molecule has 0 spiro atoms. The van der Waals surface area contributed by atoms with Crippen LogP contribution in [0.2, 0.25) is 0 Å². The minimum absolute atomic E-state index is 0.467. The maximum absolute atomic E-state index is 10.4. The highest BCUT2D eigenvalue weighted by Gasteiger charge is 2.01. The molecule has 82 valence electrons. The lowest BCUT2D eigenvalue weighted by atomic mass is 10.1. The number of aromatic nitrogens is 1. The first-order chi connectivity index (χ1) is 7.79. The van der Waals surface area contributed by atoms with Gasteiger partial charge in [0.1, 0.15) is 11.5 Å². The molecule has 16 heavy (non-hydrogen) atoms. The second kappa shape index (κ2) is 4.61. The molecule has 1 aromatic heterocycles. The van der Waals surface area contributed by atoms with Crippen molar-refractivity contribution in [1.29, 1.82) is 0 Å². The number of hydrogen-bond donors (Lipinski definition) is 2. The van der Waals surface area contributed by atoms with Crippen LogP contribution in [0.15, 0.2) is 41.7 Å². The lowest BCUT2D eigenvalue weighted by molar-refractivity contribution is 1.10. The van der Waals surface area contributed by atoms with Crippen molar-refractivity contribution in [2.24, 2.45) is 5.18 Å². The number of aromatic amines is 1. The fourth-order valence-corrected chi connectivity index (χ4v) is 1.54. The third-order valence-corrected chi connectivity index (χ3v) is 2.51. The van der Waals surface area contributed by atoms with Gasteiger partial charge in [0.2, 0.25) is 0 Å². The SMILES string of the molecule is Cc1ccc(N=O)cc1CNc1ccc[nH]1. The molecular weight excluding hydrogens is 202 g/mol. The molecule has 4 heteroatoms. The quantitative estimate of drug-likeness (QED) is 0.768. The van der Waals surface area contributed by atoms with Gasteiger partial charge in [-0.3, -0.25) is 0 Å². The van der Waals surface area contributed by atoms with Gasteiger partial charge in [-0.15, -0.1) is 4.91 Å². The summed E-state index contributed by atoms with van der Waals surface area (Å²) in [5.41, 5.74) is 2.69. The molecule has 0 aliphatic heterocycles. The van der Waals surface area contributed by atoms with E-state index in [1.807, 2.05) is 31.3 Å². The van der Waals surface area contributed by atoms with Gasteiger partial charge in [0.25, 0.3) is 0 Å². The smallest absolute Gasteiger partial charge is 0.108 e. The summed E-state index contributed by atoms with van der Waals surface area (Å²) in [6.45, 7) is 2.69. The standard InChI is InChI=1S/C12H13N3O/c1-9-4-5-11(15-16)7-10(9)8-14-12-3-2-6-13-12/h2-7,13-14H,8H2,1H3. The Morgan fingerprint density at radius 1 is 1.38 bits per heavy atom. The van der Waals surface area contributed by atoms with Gasteiger partial charge >= 0.3 is 0 Å². The van der Waals surface area contributed by atoms with Crippen LogP contribution < -0.4 is 5.32 Å². The van der Waals surface area contributed by atoms with Gasteiger partial charge in [0.15, 0.2) is 0 Å². The summed E-state index contributed by atoms with van der Waals surface area (Å²) < 4.78 is 0. The molecule has 0 radical (unpaired) electrons. The van der Waals surface area contributed by atoms with Crippen LogP contribution in [0.25, 0.3) is 0 Å². The topological polar surface area (TPSA) is 57.2 Å². The molecule has 0 aliphatic carbocycles. The fourth-order valence-electron chi connectivity index (χ4n) is 1.54. The molecule has 2 N–H and O–H groups in total. The molecule has 0 bridgehead atoms. The molecule has 2 aromatic rings. The molecule has 0 fully saturated rings. The van der Waals surface area contributed by atoms with Crippen molar-refractivity contribution in [3.05, 3.63) is 52.6 Å². The summed E-state index contributed by atoms with van der Waals surface area (Å²) in [5.74, 6) is 0.962. The number of nitroso groups, excluding NO2 is 1. The third-order valence-electron chi connectivity index (χ3n) is 2.51. The monoisotopic (exact) mass is 215 g/mol. The second-order valence-electron chi connectivity index (χ2n) is 3.64. The third kappa shape index (κ3) is 2.28. The first-order valence-electron chi connectivity index (χ1n) is 5.10. The van der Waals surface area contributed by atoms with E-state index in [-0.39, 0.29) is 0 Å². The predicted molar refractivity (Wildman–Crippen MR) is 64.8 cm³/mol.